The lowest BCUT2D eigenvalue weighted by Gasteiger charge is -2.32. The van der Waals surface area contributed by atoms with Crippen molar-refractivity contribution < 1.29 is 22.6 Å². The number of anilines is 1. The molecule has 1 heterocycles. The largest absolute Gasteiger partial charge is 0.427 e. The Labute approximate surface area is 128 Å². The predicted octanol–water partition coefficient (Wildman–Crippen LogP) is 2.54. The molecule has 6 nitrogen and oxygen atoms in total. The van der Waals surface area contributed by atoms with Crippen molar-refractivity contribution in [3.8, 4) is 5.75 Å². The fraction of sp³-hybridized carbons (Fsp3) is 0.538. The third-order valence-corrected chi connectivity index (χ3v) is 5.05. The Morgan fingerprint density at radius 2 is 2.05 bits per heavy atom. The Kier molecular flexibility index (Phi) is 5.28. The minimum atomic E-state index is -3.13. The van der Waals surface area contributed by atoms with Gasteiger partial charge in [-0.2, -0.15) is 8.78 Å². The van der Waals surface area contributed by atoms with Crippen LogP contribution in [0.15, 0.2) is 18.2 Å². The van der Waals surface area contributed by atoms with E-state index in [1.807, 2.05) is 4.90 Å². The summed E-state index contributed by atoms with van der Waals surface area (Å²) in [6, 6.07) is 4.03. The summed E-state index contributed by atoms with van der Waals surface area (Å²) in [7, 11) is 0.988. The van der Waals surface area contributed by atoms with Crippen LogP contribution in [0.2, 0.25) is 0 Å². The first kappa shape index (κ1) is 16.6. The third-order valence-electron chi connectivity index (χ3n) is 3.67. The van der Waals surface area contributed by atoms with E-state index in [1.165, 1.54) is 12.1 Å². The van der Waals surface area contributed by atoms with E-state index in [9.17, 15) is 23.1 Å². The summed E-state index contributed by atoms with van der Waals surface area (Å²) in [5.41, 5.74) is 0.0566. The molecule has 1 fully saturated rings. The van der Waals surface area contributed by atoms with Gasteiger partial charge in [-0.3, -0.25) is 14.3 Å². The van der Waals surface area contributed by atoms with Crippen LogP contribution in [0.4, 0.5) is 20.2 Å². The molecule has 0 aliphatic carbocycles. The highest BCUT2D eigenvalue weighted by Crippen LogP contribution is 2.34. The van der Waals surface area contributed by atoms with Gasteiger partial charge in [0.05, 0.1) is 4.92 Å². The normalized spacial score (nSPS) is 21.6. The van der Waals surface area contributed by atoms with E-state index >= 15 is 0 Å². The Balaban J connectivity index is 2.23. The van der Waals surface area contributed by atoms with Crippen LogP contribution in [-0.2, 0) is 10.8 Å². The zero-order valence-electron chi connectivity index (χ0n) is 11.9. The van der Waals surface area contributed by atoms with E-state index in [1.54, 1.807) is 7.05 Å². The zero-order chi connectivity index (χ0) is 16.3. The molecule has 0 amide bonds. The molecule has 9 heteroatoms. The zero-order valence-corrected chi connectivity index (χ0v) is 12.7. The quantitative estimate of drug-likeness (QED) is 0.611. The monoisotopic (exact) mass is 334 g/mol. The molecule has 0 N–H and O–H groups in total. The van der Waals surface area contributed by atoms with Crippen LogP contribution in [0.1, 0.15) is 12.8 Å². The second-order valence-corrected chi connectivity index (χ2v) is 6.67. The number of alkyl halides is 2. The second kappa shape index (κ2) is 6.99. The fourth-order valence-corrected chi connectivity index (χ4v) is 3.72. The topological polar surface area (TPSA) is 72.7 Å². The lowest BCUT2D eigenvalue weighted by Crippen LogP contribution is -2.37. The van der Waals surface area contributed by atoms with Crippen molar-refractivity contribution in [3.05, 3.63) is 28.3 Å². The van der Waals surface area contributed by atoms with Crippen molar-refractivity contribution in [2.45, 2.75) is 25.5 Å². The molecule has 1 aromatic rings. The molecule has 1 saturated heterocycles. The van der Waals surface area contributed by atoms with E-state index in [2.05, 4.69) is 4.74 Å². The summed E-state index contributed by atoms with van der Waals surface area (Å²) in [6.07, 6.45) is 1.45. The smallest absolute Gasteiger partial charge is 0.387 e. The maximum absolute atomic E-state index is 12.4. The van der Waals surface area contributed by atoms with Crippen molar-refractivity contribution in [1.29, 1.82) is 0 Å². The minimum Gasteiger partial charge on any atom is -0.427 e. The number of halogens is 2. The first-order valence-electron chi connectivity index (χ1n) is 6.69. The van der Waals surface area contributed by atoms with Crippen LogP contribution in [0, 0.1) is 10.1 Å². The van der Waals surface area contributed by atoms with Gasteiger partial charge in [-0.05, 0) is 18.9 Å². The molecule has 0 atom stereocenters. The number of hydrogen-bond acceptors (Lipinski definition) is 5. The van der Waals surface area contributed by atoms with Gasteiger partial charge in [0.25, 0.3) is 0 Å². The Hall–Kier alpha value is -1.77. The van der Waals surface area contributed by atoms with Gasteiger partial charge < -0.3 is 9.64 Å². The van der Waals surface area contributed by atoms with Crippen molar-refractivity contribution in [3.63, 3.8) is 0 Å². The van der Waals surface area contributed by atoms with Crippen LogP contribution in [0.5, 0.6) is 5.75 Å². The number of hydrogen-bond donors (Lipinski definition) is 0. The first-order valence-corrected chi connectivity index (χ1v) is 8.18. The Bertz CT molecular complexity index is 575. The van der Waals surface area contributed by atoms with Crippen molar-refractivity contribution in [1.82, 2.24) is 0 Å². The van der Waals surface area contributed by atoms with E-state index in [0.29, 0.717) is 17.2 Å². The maximum Gasteiger partial charge on any atom is 0.387 e. The summed E-state index contributed by atoms with van der Waals surface area (Å²) in [4.78, 5) is 12.0. The summed E-state index contributed by atoms with van der Waals surface area (Å²) in [5.74, 6) is 0.744. The first-order chi connectivity index (χ1) is 10.4. The summed E-state index contributed by atoms with van der Waals surface area (Å²) >= 11 is 0. The van der Waals surface area contributed by atoms with Crippen molar-refractivity contribution in [2.75, 3.05) is 23.5 Å². The summed E-state index contributed by atoms with van der Waals surface area (Å²) < 4.78 is 40.4. The molecule has 122 valence electrons. The molecule has 1 aliphatic rings. The van der Waals surface area contributed by atoms with Gasteiger partial charge in [-0.1, -0.05) is 0 Å². The van der Waals surface area contributed by atoms with Gasteiger partial charge in [-0.15, -0.1) is 0 Å². The second-order valence-electron chi connectivity index (χ2n) is 4.98. The molecule has 0 bridgehead atoms. The van der Waals surface area contributed by atoms with Crippen LogP contribution < -0.4 is 9.64 Å². The minimum absolute atomic E-state index is 0.124. The average Bonchev–Trinajstić information content (AvgIpc) is 2.46. The fourth-order valence-electron chi connectivity index (χ4n) is 2.44. The number of benzene rings is 1. The number of ether oxygens (including phenoxy) is 1. The third kappa shape index (κ3) is 3.90. The molecule has 0 radical (unpaired) electrons. The molecule has 0 spiro atoms. The molecule has 1 aromatic carbocycles. The van der Waals surface area contributed by atoms with Gasteiger partial charge in [0, 0.05) is 53.2 Å². The van der Waals surface area contributed by atoms with Crippen molar-refractivity contribution in [2.24, 2.45) is 0 Å². The van der Waals surface area contributed by atoms with E-state index < -0.39 is 33.8 Å². The number of nitro groups is 1. The van der Waals surface area contributed by atoms with Gasteiger partial charge >= 0.3 is 12.3 Å². The van der Waals surface area contributed by atoms with Gasteiger partial charge in [0.15, 0.2) is 0 Å². The van der Waals surface area contributed by atoms with E-state index in [4.69, 9.17) is 0 Å². The lowest BCUT2D eigenvalue weighted by atomic mass is 10.1. The standard InChI is InChI=1S/C13H16F2N2O4S/c1-16(9-4-6-22(20)7-5-9)10-2-3-11(17(18)19)12(8-10)21-13(14)15/h2-3,8-9,13H,4-7H2,1H3. The van der Waals surface area contributed by atoms with Crippen LogP contribution in [-0.4, -0.2) is 40.3 Å². The predicted molar refractivity (Wildman–Crippen MR) is 79.0 cm³/mol. The van der Waals surface area contributed by atoms with E-state index in [0.717, 1.165) is 18.9 Å². The molecule has 0 unspecified atom stereocenters. The highest BCUT2D eigenvalue weighted by atomic mass is 32.2. The van der Waals surface area contributed by atoms with Gasteiger partial charge in [0.1, 0.15) is 0 Å². The Morgan fingerprint density at radius 3 is 2.59 bits per heavy atom. The number of nitrogens with zero attached hydrogens (tertiary/aromatic N) is 2. The maximum atomic E-state index is 12.4. The van der Waals surface area contributed by atoms with Crippen molar-refractivity contribution >= 4 is 22.2 Å². The van der Waals surface area contributed by atoms with Gasteiger partial charge in [0.2, 0.25) is 5.75 Å². The lowest BCUT2D eigenvalue weighted by molar-refractivity contribution is -0.386. The molecular formula is C13H16F2N2O4S. The van der Waals surface area contributed by atoms with Crippen LogP contribution in [0.3, 0.4) is 0 Å². The van der Waals surface area contributed by atoms with Gasteiger partial charge in [-0.25, -0.2) is 0 Å². The average molecular weight is 334 g/mol. The van der Waals surface area contributed by atoms with Crippen LogP contribution in [0.25, 0.3) is 0 Å². The summed E-state index contributed by atoms with van der Waals surface area (Å²) in [5, 5.41) is 10.9. The molecule has 2 rings (SSSR count). The summed E-state index contributed by atoms with van der Waals surface area (Å²) in [6.45, 7) is -3.13. The number of rotatable bonds is 5. The number of nitro benzene ring substituents is 1. The van der Waals surface area contributed by atoms with Crippen LogP contribution >= 0.6 is 0 Å². The highest BCUT2D eigenvalue weighted by molar-refractivity contribution is 7.85. The highest BCUT2D eigenvalue weighted by Gasteiger charge is 2.25. The molecule has 1 aliphatic heterocycles. The SMILES string of the molecule is CN(c1ccc([N+](=O)[O-])c(OC(F)F)c1)C1CCS(=O)CC1. The molecule has 0 saturated carbocycles. The molecular weight excluding hydrogens is 318 g/mol. The Morgan fingerprint density at radius 1 is 1.41 bits per heavy atom. The molecule has 0 aromatic heterocycles. The molecule has 22 heavy (non-hydrogen) atoms. The van der Waals surface area contributed by atoms with E-state index in [-0.39, 0.29) is 6.04 Å².